The van der Waals surface area contributed by atoms with Crippen molar-refractivity contribution in [3.8, 4) is 0 Å². The number of nitro benzene ring substituents is 1. The molecule has 0 amide bonds. The van der Waals surface area contributed by atoms with Crippen molar-refractivity contribution in [2.75, 3.05) is 13.2 Å². The van der Waals surface area contributed by atoms with Gasteiger partial charge in [0.25, 0.3) is 0 Å². The van der Waals surface area contributed by atoms with E-state index in [1.807, 2.05) is 0 Å². The third-order valence-electron chi connectivity index (χ3n) is 3.05. The highest BCUT2D eigenvalue weighted by atomic mass is 19.1. The molecule has 1 N–H and O–H groups in total. The van der Waals surface area contributed by atoms with Crippen LogP contribution in [-0.2, 0) is 11.3 Å². The molecule has 104 valence electrons. The van der Waals surface area contributed by atoms with E-state index in [4.69, 9.17) is 4.74 Å². The lowest BCUT2D eigenvalue weighted by Gasteiger charge is -2.23. The number of nitro groups is 1. The highest BCUT2D eigenvalue weighted by molar-refractivity contribution is 5.37. The van der Waals surface area contributed by atoms with Crippen molar-refractivity contribution in [3.63, 3.8) is 0 Å². The zero-order valence-corrected chi connectivity index (χ0v) is 10.2. The zero-order chi connectivity index (χ0) is 13.8. The lowest BCUT2D eigenvalue weighted by molar-refractivity contribution is -0.387. The molecule has 1 atom stereocenters. The summed E-state index contributed by atoms with van der Waals surface area (Å²) in [6.07, 6.45) is 1.83. The minimum Gasteiger partial charge on any atom is -0.380 e. The molecule has 5 nitrogen and oxygen atoms in total. The molecule has 0 bridgehead atoms. The van der Waals surface area contributed by atoms with Crippen LogP contribution in [0.4, 0.5) is 14.5 Å². The van der Waals surface area contributed by atoms with Crippen LogP contribution < -0.4 is 5.32 Å². The van der Waals surface area contributed by atoms with Crippen molar-refractivity contribution in [1.82, 2.24) is 5.32 Å². The predicted molar refractivity (Wildman–Crippen MR) is 63.7 cm³/mol. The molecule has 19 heavy (non-hydrogen) atoms. The molecule has 1 fully saturated rings. The molecule has 1 aromatic rings. The molecule has 1 saturated heterocycles. The SMILES string of the molecule is O=[N+]([O-])c1cc(CNC2CCCOC2)c(F)cc1F. The van der Waals surface area contributed by atoms with Gasteiger partial charge in [-0.25, -0.2) is 4.39 Å². The van der Waals surface area contributed by atoms with E-state index in [-0.39, 0.29) is 18.2 Å². The van der Waals surface area contributed by atoms with Gasteiger partial charge in [-0.1, -0.05) is 0 Å². The van der Waals surface area contributed by atoms with Gasteiger partial charge >= 0.3 is 5.69 Å². The Hall–Kier alpha value is -1.60. The maximum Gasteiger partial charge on any atom is 0.305 e. The van der Waals surface area contributed by atoms with Crippen molar-refractivity contribution in [1.29, 1.82) is 0 Å². The number of ether oxygens (including phenoxy) is 1. The Labute approximate surface area is 108 Å². The van der Waals surface area contributed by atoms with Gasteiger partial charge in [0.1, 0.15) is 5.82 Å². The first-order valence-corrected chi connectivity index (χ1v) is 6.01. The second-order valence-corrected chi connectivity index (χ2v) is 4.45. The summed E-state index contributed by atoms with van der Waals surface area (Å²) in [5, 5.41) is 13.6. The van der Waals surface area contributed by atoms with Gasteiger partial charge in [-0.3, -0.25) is 10.1 Å². The lowest BCUT2D eigenvalue weighted by atomic mass is 10.1. The molecule has 1 unspecified atom stereocenters. The molecule has 7 heteroatoms. The molecule has 1 heterocycles. The van der Waals surface area contributed by atoms with Crippen LogP contribution in [0.5, 0.6) is 0 Å². The molecule has 1 aliphatic rings. The number of rotatable bonds is 4. The van der Waals surface area contributed by atoms with E-state index in [1.54, 1.807) is 0 Å². The first kappa shape index (κ1) is 13.8. The minimum atomic E-state index is -1.16. The Morgan fingerprint density at radius 1 is 1.42 bits per heavy atom. The fourth-order valence-electron chi connectivity index (χ4n) is 2.01. The van der Waals surface area contributed by atoms with E-state index in [0.717, 1.165) is 18.9 Å². The molecular weight excluding hydrogens is 258 g/mol. The van der Waals surface area contributed by atoms with Crippen LogP contribution in [-0.4, -0.2) is 24.2 Å². The largest absolute Gasteiger partial charge is 0.380 e. The fourth-order valence-corrected chi connectivity index (χ4v) is 2.01. The molecule has 1 aromatic carbocycles. The molecule has 0 saturated carbocycles. The fraction of sp³-hybridized carbons (Fsp3) is 0.500. The molecule has 1 aliphatic heterocycles. The summed E-state index contributed by atoms with van der Waals surface area (Å²) in [5.74, 6) is -1.94. The van der Waals surface area contributed by atoms with Crippen molar-refractivity contribution < 1.29 is 18.4 Å². The van der Waals surface area contributed by atoms with Gasteiger partial charge in [-0.05, 0) is 12.8 Å². The van der Waals surface area contributed by atoms with Crippen molar-refractivity contribution in [2.24, 2.45) is 0 Å². The van der Waals surface area contributed by atoms with E-state index >= 15 is 0 Å². The average molecular weight is 272 g/mol. The van der Waals surface area contributed by atoms with Crippen LogP contribution >= 0.6 is 0 Å². The summed E-state index contributed by atoms with van der Waals surface area (Å²) in [4.78, 5) is 9.73. The van der Waals surface area contributed by atoms with E-state index in [1.165, 1.54) is 0 Å². The Morgan fingerprint density at radius 2 is 2.21 bits per heavy atom. The first-order chi connectivity index (χ1) is 9.08. The van der Waals surface area contributed by atoms with Gasteiger partial charge in [-0.2, -0.15) is 4.39 Å². The van der Waals surface area contributed by atoms with Crippen LogP contribution in [0.15, 0.2) is 12.1 Å². The number of hydrogen-bond acceptors (Lipinski definition) is 4. The second kappa shape index (κ2) is 6.03. The normalized spacial score (nSPS) is 19.4. The summed E-state index contributed by atoms with van der Waals surface area (Å²) in [6.45, 7) is 1.36. The Balaban J connectivity index is 2.06. The van der Waals surface area contributed by atoms with Crippen LogP contribution in [0.3, 0.4) is 0 Å². The van der Waals surface area contributed by atoms with Crippen molar-refractivity contribution >= 4 is 5.69 Å². The highest BCUT2D eigenvalue weighted by Crippen LogP contribution is 2.21. The molecule has 0 aliphatic carbocycles. The molecule has 0 aromatic heterocycles. The number of halogens is 2. The Bertz CT molecular complexity index is 476. The van der Waals surface area contributed by atoms with Crippen LogP contribution in [0.2, 0.25) is 0 Å². The van der Waals surface area contributed by atoms with Gasteiger partial charge in [0.15, 0.2) is 0 Å². The topological polar surface area (TPSA) is 64.4 Å². The monoisotopic (exact) mass is 272 g/mol. The van der Waals surface area contributed by atoms with Crippen LogP contribution in [0, 0.1) is 21.7 Å². The first-order valence-electron chi connectivity index (χ1n) is 6.01. The quantitative estimate of drug-likeness (QED) is 0.673. The molecular formula is C12H14F2N2O3. The van der Waals surface area contributed by atoms with Crippen LogP contribution in [0.1, 0.15) is 18.4 Å². The maximum absolute atomic E-state index is 13.5. The average Bonchev–Trinajstić information content (AvgIpc) is 2.38. The third kappa shape index (κ3) is 3.45. The zero-order valence-electron chi connectivity index (χ0n) is 10.2. The number of nitrogens with one attached hydrogen (secondary N) is 1. The van der Waals surface area contributed by atoms with Crippen molar-refractivity contribution in [2.45, 2.75) is 25.4 Å². The van der Waals surface area contributed by atoms with E-state index < -0.39 is 22.2 Å². The number of hydrogen-bond donors (Lipinski definition) is 1. The second-order valence-electron chi connectivity index (χ2n) is 4.45. The molecule has 0 radical (unpaired) electrons. The standard InChI is InChI=1S/C12H14F2N2O3/c13-10-5-11(14)12(16(17)18)4-8(10)6-15-9-2-1-3-19-7-9/h4-5,9,15H,1-3,6-7H2. The van der Waals surface area contributed by atoms with Gasteiger partial charge in [0.2, 0.25) is 5.82 Å². The number of benzene rings is 1. The Morgan fingerprint density at radius 3 is 2.84 bits per heavy atom. The third-order valence-corrected chi connectivity index (χ3v) is 3.05. The summed E-state index contributed by atoms with van der Waals surface area (Å²) in [5.41, 5.74) is -0.628. The summed E-state index contributed by atoms with van der Waals surface area (Å²) < 4.78 is 31.9. The lowest BCUT2D eigenvalue weighted by Crippen LogP contribution is -2.36. The van der Waals surface area contributed by atoms with Gasteiger partial charge < -0.3 is 10.1 Å². The van der Waals surface area contributed by atoms with Gasteiger partial charge in [0.05, 0.1) is 11.5 Å². The van der Waals surface area contributed by atoms with E-state index in [0.29, 0.717) is 19.3 Å². The van der Waals surface area contributed by atoms with E-state index in [9.17, 15) is 18.9 Å². The minimum absolute atomic E-state index is 0.0821. The van der Waals surface area contributed by atoms with Gasteiger partial charge in [0, 0.05) is 36.9 Å². The van der Waals surface area contributed by atoms with Gasteiger partial charge in [-0.15, -0.1) is 0 Å². The summed E-state index contributed by atoms with van der Waals surface area (Å²) in [7, 11) is 0. The summed E-state index contributed by atoms with van der Waals surface area (Å²) >= 11 is 0. The maximum atomic E-state index is 13.5. The molecule has 0 spiro atoms. The smallest absolute Gasteiger partial charge is 0.305 e. The highest BCUT2D eigenvalue weighted by Gasteiger charge is 2.19. The predicted octanol–water partition coefficient (Wildman–Crippen LogP) is 2.14. The molecule has 2 rings (SSSR count). The number of nitrogens with zero attached hydrogens (tertiary/aromatic N) is 1. The van der Waals surface area contributed by atoms with Crippen molar-refractivity contribution in [3.05, 3.63) is 39.4 Å². The van der Waals surface area contributed by atoms with E-state index in [2.05, 4.69) is 5.32 Å². The summed E-state index contributed by atoms with van der Waals surface area (Å²) in [6, 6.07) is 1.57. The Kier molecular flexibility index (Phi) is 4.39. The van der Waals surface area contributed by atoms with Crippen LogP contribution in [0.25, 0.3) is 0 Å².